The van der Waals surface area contributed by atoms with Crippen molar-refractivity contribution in [2.24, 2.45) is 0 Å². The molecule has 0 bridgehead atoms. The molecule has 0 saturated carbocycles. The quantitative estimate of drug-likeness (QED) is 0.642. The molecule has 0 saturated heterocycles. The SMILES string of the molecule is Brc1cccc2c1C[CH]OC2. The molecule has 0 unspecified atom stereocenters. The fraction of sp³-hybridized carbons (Fsp3) is 0.222. The van der Waals surface area contributed by atoms with Crippen LogP contribution in [0, 0.1) is 6.61 Å². The second-order valence-corrected chi connectivity index (χ2v) is 3.41. The van der Waals surface area contributed by atoms with Crippen molar-refractivity contribution in [3.8, 4) is 0 Å². The highest BCUT2D eigenvalue weighted by molar-refractivity contribution is 9.10. The van der Waals surface area contributed by atoms with Gasteiger partial charge in [0, 0.05) is 10.9 Å². The molecule has 0 aliphatic carbocycles. The van der Waals surface area contributed by atoms with Crippen molar-refractivity contribution in [3.05, 3.63) is 40.4 Å². The molecule has 1 heterocycles. The molecule has 0 amide bonds. The average molecular weight is 212 g/mol. The number of benzene rings is 1. The van der Waals surface area contributed by atoms with Gasteiger partial charge in [0.25, 0.3) is 0 Å². The number of ether oxygens (including phenoxy) is 1. The van der Waals surface area contributed by atoms with Crippen molar-refractivity contribution in [1.82, 2.24) is 0 Å². The summed E-state index contributed by atoms with van der Waals surface area (Å²) >= 11 is 3.51. The first-order valence-electron chi connectivity index (χ1n) is 3.57. The number of hydrogen-bond donors (Lipinski definition) is 0. The lowest BCUT2D eigenvalue weighted by molar-refractivity contribution is 0.170. The van der Waals surface area contributed by atoms with Gasteiger partial charge in [0.1, 0.15) is 0 Å². The van der Waals surface area contributed by atoms with Gasteiger partial charge in [0.2, 0.25) is 0 Å². The first-order chi connectivity index (χ1) is 5.38. The maximum atomic E-state index is 5.21. The van der Waals surface area contributed by atoms with Gasteiger partial charge in [-0.3, -0.25) is 0 Å². The van der Waals surface area contributed by atoms with E-state index in [2.05, 4.69) is 28.1 Å². The van der Waals surface area contributed by atoms with Gasteiger partial charge in [-0.25, -0.2) is 0 Å². The van der Waals surface area contributed by atoms with Gasteiger partial charge in [-0.15, -0.1) is 0 Å². The highest BCUT2D eigenvalue weighted by Gasteiger charge is 2.11. The standard InChI is InChI=1S/C9H8BrO/c10-9-3-1-2-7-6-11-5-4-8(7)9/h1-3,5H,4,6H2. The van der Waals surface area contributed by atoms with Crippen molar-refractivity contribution >= 4 is 15.9 Å². The summed E-state index contributed by atoms with van der Waals surface area (Å²) in [7, 11) is 0. The fourth-order valence-corrected chi connectivity index (χ4v) is 1.83. The Hall–Kier alpha value is -0.340. The molecule has 1 aromatic rings. The molecule has 1 aliphatic heterocycles. The van der Waals surface area contributed by atoms with Crippen LogP contribution in [0.15, 0.2) is 22.7 Å². The second kappa shape index (κ2) is 2.95. The summed E-state index contributed by atoms with van der Waals surface area (Å²) < 4.78 is 6.39. The molecule has 11 heavy (non-hydrogen) atoms. The van der Waals surface area contributed by atoms with E-state index in [9.17, 15) is 0 Å². The molecule has 0 spiro atoms. The third kappa shape index (κ3) is 1.33. The lowest BCUT2D eigenvalue weighted by Crippen LogP contribution is -2.05. The summed E-state index contributed by atoms with van der Waals surface area (Å²) in [6.07, 6.45) is 0.913. The highest BCUT2D eigenvalue weighted by atomic mass is 79.9. The summed E-state index contributed by atoms with van der Waals surface area (Å²) in [5.41, 5.74) is 2.65. The van der Waals surface area contributed by atoms with Gasteiger partial charge in [-0.1, -0.05) is 28.1 Å². The largest absolute Gasteiger partial charge is 0.370 e. The molecule has 0 atom stereocenters. The molecular weight excluding hydrogens is 204 g/mol. The minimum Gasteiger partial charge on any atom is -0.370 e. The Morgan fingerprint density at radius 1 is 1.36 bits per heavy atom. The number of fused-ring (bicyclic) bond motifs is 1. The Morgan fingerprint density at radius 3 is 3.09 bits per heavy atom. The lowest BCUT2D eigenvalue weighted by Gasteiger charge is -2.16. The van der Waals surface area contributed by atoms with E-state index in [-0.39, 0.29) is 0 Å². The Labute approximate surface area is 74.5 Å². The van der Waals surface area contributed by atoms with Crippen LogP contribution in [0.2, 0.25) is 0 Å². The minimum atomic E-state index is 0.717. The van der Waals surface area contributed by atoms with Gasteiger partial charge >= 0.3 is 0 Å². The van der Waals surface area contributed by atoms with Crippen molar-refractivity contribution in [2.45, 2.75) is 13.0 Å². The van der Waals surface area contributed by atoms with Crippen LogP contribution in [-0.4, -0.2) is 0 Å². The smallest absolute Gasteiger partial charge is 0.0885 e. The fourth-order valence-electron chi connectivity index (χ4n) is 1.26. The van der Waals surface area contributed by atoms with E-state index in [1.807, 2.05) is 12.7 Å². The van der Waals surface area contributed by atoms with Gasteiger partial charge in [0.15, 0.2) is 0 Å². The number of halogens is 1. The van der Waals surface area contributed by atoms with Crippen LogP contribution in [0.1, 0.15) is 11.1 Å². The van der Waals surface area contributed by atoms with Crippen molar-refractivity contribution in [2.75, 3.05) is 0 Å². The lowest BCUT2D eigenvalue weighted by atomic mass is 10.0. The summed E-state index contributed by atoms with van der Waals surface area (Å²) in [6, 6.07) is 6.21. The molecule has 0 fully saturated rings. The molecule has 57 valence electrons. The highest BCUT2D eigenvalue weighted by Crippen LogP contribution is 2.25. The topological polar surface area (TPSA) is 9.23 Å². The van der Waals surface area contributed by atoms with E-state index in [0.717, 1.165) is 13.0 Å². The molecule has 2 rings (SSSR count). The Balaban J connectivity index is 2.49. The van der Waals surface area contributed by atoms with E-state index in [1.165, 1.54) is 15.6 Å². The molecule has 2 heteroatoms. The molecule has 1 radical (unpaired) electrons. The van der Waals surface area contributed by atoms with Crippen LogP contribution in [0.3, 0.4) is 0 Å². The van der Waals surface area contributed by atoms with Gasteiger partial charge in [0.05, 0.1) is 13.2 Å². The van der Waals surface area contributed by atoms with Gasteiger partial charge < -0.3 is 4.74 Å². The van der Waals surface area contributed by atoms with Crippen LogP contribution in [0.4, 0.5) is 0 Å². The summed E-state index contributed by atoms with van der Waals surface area (Å²) in [5, 5.41) is 0. The zero-order valence-electron chi connectivity index (χ0n) is 6.01. The van der Waals surface area contributed by atoms with E-state index >= 15 is 0 Å². The Kier molecular flexibility index (Phi) is 1.96. The summed E-state index contributed by atoms with van der Waals surface area (Å²) in [5.74, 6) is 0. The van der Waals surface area contributed by atoms with E-state index < -0.39 is 0 Å². The Bertz CT molecular complexity index is 270. The first kappa shape index (κ1) is 7.32. The molecule has 0 aromatic heterocycles. The maximum absolute atomic E-state index is 5.21. The predicted octanol–water partition coefficient (Wildman–Crippen LogP) is 2.68. The Morgan fingerprint density at radius 2 is 2.27 bits per heavy atom. The van der Waals surface area contributed by atoms with Crippen LogP contribution in [0.5, 0.6) is 0 Å². The third-order valence-corrected chi connectivity index (χ3v) is 2.60. The third-order valence-electron chi connectivity index (χ3n) is 1.86. The number of hydrogen-bond acceptors (Lipinski definition) is 1. The van der Waals surface area contributed by atoms with Gasteiger partial charge in [-0.05, 0) is 17.2 Å². The maximum Gasteiger partial charge on any atom is 0.0885 e. The molecule has 1 nitrogen and oxygen atoms in total. The molecule has 1 aliphatic rings. The van der Waals surface area contributed by atoms with E-state index in [1.54, 1.807) is 0 Å². The van der Waals surface area contributed by atoms with Crippen molar-refractivity contribution in [3.63, 3.8) is 0 Å². The normalized spacial score (nSPS) is 16.1. The summed E-state index contributed by atoms with van der Waals surface area (Å²) in [6.45, 7) is 2.57. The van der Waals surface area contributed by atoms with Crippen LogP contribution >= 0.6 is 15.9 Å². The molecular formula is C9H8BrO. The molecule has 1 aromatic carbocycles. The van der Waals surface area contributed by atoms with Crippen LogP contribution in [-0.2, 0) is 17.8 Å². The summed E-state index contributed by atoms with van der Waals surface area (Å²) in [4.78, 5) is 0. The molecule has 0 N–H and O–H groups in total. The monoisotopic (exact) mass is 211 g/mol. The number of rotatable bonds is 0. The minimum absolute atomic E-state index is 0.717. The van der Waals surface area contributed by atoms with E-state index in [4.69, 9.17) is 4.74 Å². The van der Waals surface area contributed by atoms with E-state index in [0.29, 0.717) is 0 Å². The van der Waals surface area contributed by atoms with Crippen molar-refractivity contribution in [1.29, 1.82) is 0 Å². The zero-order chi connectivity index (χ0) is 7.68. The van der Waals surface area contributed by atoms with Crippen LogP contribution < -0.4 is 0 Å². The van der Waals surface area contributed by atoms with Crippen molar-refractivity contribution < 1.29 is 4.74 Å². The predicted molar refractivity (Wildman–Crippen MR) is 46.9 cm³/mol. The van der Waals surface area contributed by atoms with Crippen LogP contribution in [0.25, 0.3) is 0 Å². The second-order valence-electron chi connectivity index (χ2n) is 2.56. The zero-order valence-corrected chi connectivity index (χ0v) is 7.60. The van der Waals surface area contributed by atoms with Gasteiger partial charge in [-0.2, -0.15) is 0 Å². The first-order valence-corrected chi connectivity index (χ1v) is 4.37. The average Bonchev–Trinajstić information content (AvgIpc) is 2.06.